The maximum atomic E-state index is 9.76. The minimum Gasteiger partial charge on any atom is -0.392 e. The maximum Gasteiger partial charge on any atom is 0.134 e. The second-order valence-electron chi connectivity index (χ2n) is 6.74. The van der Waals surface area contributed by atoms with Crippen LogP contribution in [0.4, 0.5) is 5.82 Å². The van der Waals surface area contributed by atoms with Crippen LogP contribution in [0.5, 0.6) is 0 Å². The van der Waals surface area contributed by atoms with Gasteiger partial charge in [-0.15, -0.1) is 0 Å². The smallest absolute Gasteiger partial charge is 0.134 e. The van der Waals surface area contributed by atoms with Crippen LogP contribution in [0.1, 0.15) is 18.4 Å². The first-order valence-electron chi connectivity index (χ1n) is 8.92. The van der Waals surface area contributed by atoms with Gasteiger partial charge in [0.05, 0.1) is 18.2 Å². The van der Waals surface area contributed by atoms with E-state index in [0.717, 1.165) is 61.6 Å². The van der Waals surface area contributed by atoms with Crippen molar-refractivity contribution in [1.82, 2.24) is 9.88 Å². The number of aliphatic hydroxyl groups is 1. The van der Waals surface area contributed by atoms with Crippen LogP contribution in [-0.2, 0) is 11.3 Å². The van der Waals surface area contributed by atoms with Crippen molar-refractivity contribution >= 4 is 16.7 Å². The molecule has 2 aromatic rings. The number of rotatable bonds is 4. The minimum atomic E-state index is 0.0310. The number of hydrogen-bond donors (Lipinski definition) is 1. The molecule has 1 N–H and O–H groups in total. The molecular formula is C19H25N3O2. The van der Waals surface area contributed by atoms with Gasteiger partial charge in [-0.1, -0.05) is 18.2 Å². The van der Waals surface area contributed by atoms with E-state index in [0.29, 0.717) is 6.10 Å². The van der Waals surface area contributed by atoms with E-state index in [2.05, 4.69) is 15.9 Å². The quantitative estimate of drug-likeness (QED) is 0.931. The fourth-order valence-corrected chi connectivity index (χ4v) is 3.76. The standard InChI is InChI=1S/C19H25N3O2/c23-14-16-12-15-4-1-2-6-18(15)20-19(16)22-9-7-21(8-10-22)13-17-5-3-11-24-17/h1-2,4,6,12,17,23H,3,5,7-11,13-14H2/t17-/m1/s1. The Morgan fingerprint density at radius 3 is 2.75 bits per heavy atom. The molecular weight excluding hydrogens is 302 g/mol. The lowest BCUT2D eigenvalue weighted by atomic mass is 10.1. The van der Waals surface area contributed by atoms with Crippen molar-refractivity contribution < 1.29 is 9.84 Å². The minimum absolute atomic E-state index is 0.0310. The number of para-hydroxylation sites is 1. The summed E-state index contributed by atoms with van der Waals surface area (Å²) in [7, 11) is 0. The molecule has 5 nitrogen and oxygen atoms in total. The molecule has 0 unspecified atom stereocenters. The SMILES string of the molecule is OCc1cc2ccccc2nc1N1CCN(C[C@H]2CCCO2)CC1. The molecule has 0 aliphatic carbocycles. The Morgan fingerprint density at radius 1 is 1.17 bits per heavy atom. The van der Waals surface area contributed by atoms with Gasteiger partial charge < -0.3 is 14.7 Å². The lowest BCUT2D eigenvalue weighted by Crippen LogP contribution is -2.49. The summed E-state index contributed by atoms with van der Waals surface area (Å²) in [5.74, 6) is 0.938. The molecule has 4 rings (SSSR count). The monoisotopic (exact) mass is 327 g/mol. The van der Waals surface area contributed by atoms with Gasteiger partial charge in [0, 0.05) is 50.3 Å². The molecule has 128 valence electrons. The molecule has 24 heavy (non-hydrogen) atoms. The number of hydrogen-bond acceptors (Lipinski definition) is 5. The summed E-state index contributed by atoms with van der Waals surface area (Å²) in [6.07, 6.45) is 2.82. The molecule has 0 saturated carbocycles. The van der Waals surface area contributed by atoms with Crippen LogP contribution in [0.2, 0.25) is 0 Å². The van der Waals surface area contributed by atoms with Crippen molar-refractivity contribution in [2.24, 2.45) is 0 Å². The predicted molar refractivity (Wildman–Crippen MR) is 95.3 cm³/mol. The molecule has 0 amide bonds. The third-order valence-electron chi connectivity index (χ3n) is 5.11. The van der Waals surface area contributed by atoms with Crippen molar-refractivity contribution in [3.63, 3.8) is 0 Å². The van der Waals surface area contributed by atoms with E-state index < -0.39 is 0 Å². The van der Waals surface area contributed by atoms with Crippen LogP contribution in [-0.4, -0.2) is 60.4 Å². The van der Waals surface area contributed by atoms with Crippen LogP contribution >= 0.6 is 0 Å². The zero-order valence-electron chi connectivity index (χ0n) is 14.0. The van der Waals surface area contributed by atoms with Crippen LogP contribution in [0.3, 0.4) is 0 Å². The van der Waals surface area contributed by atoms with Crippen LogP contribution in [0.15, 0.2) is 30.3 Å². The number of aromatic nitrogens is 1. The number of ether oxygens (including phenoxy) is 1. The Balaban J connectivity index is 1.47. The largest absolute Gasteiger partial charge is 0.392 e. The zero-order valence-corrected chi connectivity index (χ0v) is 14.0. The fourth-order valence-electron chi connectivity index (χ4n) is 3.76. The van der Waals surface area contributed by atoms with Gasteiger partial charge >= 0.3 is 0 Å². The summed E-state index contributed by atoms with van der Waals surface area (Å²) < 4.78 is 5.75. The van der Waals surface area contributed by atoms with Gasteiger partial charge in [0.1, 0.15) is 5.82 Å². The number of nitrogens with zero attached hydrogens (tertiary/aromatic N) is 3. The van der Waals surface area contributed by atoms with Gasteiger partial charge in [0.25, 0.3) is 0 Å². The Labute approximate surface area is 142 Å². The molecule has 2 aliphatic rings. The average Bonchev–Trinajstić information content (AvgIpc) is 3.14. The second-order valence-corrected chi connectivity index (χ2v) is 6.74. The second kappa shape index (κ2) is 7.05. The maximum absolute atomic E-state index is 9.76. The lowest BCUT2D eigenvalue weighted by Gasteiger charge is -2.37. The highest BCUT2D eigenvalue weighted by molar-refractivity contribution is 5.81. The third kappa shape index (κ3) is 3.24. The summed E-state index contributed by atoms with van der Waals surface area (Å²) >= 11 is 0. The molecule has 0 bridgehead atoms. The molecule has 0 spiro atoms. The number of fused-ring (bicyclic) bond motifs is 1. The van der Waals surface area contributed by atoms with E-state index in [1.807, 2.05) is 24.3 Å². The molecule has 1 aromatic heterocycles. The molecule has 2 aliphatic heterocycles. The predicted octanol–water partition coefficient (Wildman–Crippen LogP) is 2.03. The van der Waals surface area contributed by atoms with E-state index in [-0.39, 0.29) is 6.61 Å². The van der Waals surface area contributed by atoms with Crippen molar-refractivity contribution in [2.75, 3.05) is 44.2 Å². The van der Waals surface area contributed by atoms with E-state index >= 15 is 0 Å². The Morgan fingerprint density at radius 2 is 2.00 bits per heavy atom. The summed E-state index contributed by atoms with van der Waals surface area (Å²) in [5.41, 5.74) is 1.91. The highest BCUT2D eigenvalue weighted by Crippen LogP contribution is 2.25. The van der Waals surface area contributed by atoms with Crippen LogP contribution in [0, 0.1) is 0 Å². The molecule has 0 radical (unpaired) electrons. The van der Waals surface area contributed by atoms with Crippen molar-refractivity contribution in [3.05, 3.63) is 35.9 Å². The number of piperazine rings is 1. The van der Waals surface area contributed by atoms with E-state index in [4.69, 9.17) is 9.72 Å². The van der Waals surface area contributed by atoms with Gasteiger partial charge in [0.15, 0.2) is 0 Å². The Hall–Kier alpha value is -1.69. The number of pyridine rings is 1. The van der Waals surface area contributed by atoms with Crippen LogP contribution in [0.25, 0.3) is 10.9 Å². The van der Waals surface area contributed by atoms with E-state index in [1.165, 1.54) is 12.8 Å². The highest BCUT2D eigenvalue weighted by atomic mass is 16.5. The van der Waals surface area contributed by atoms with Crippen molar-refractivity contribution in [2.45, 2.75) is 25.6 Å². The summed E-state index contributed by atoms with van der Waals surface area (Å²) in [5, 5.41) is 10.8. The van der Waals surface area contributed by atoms with Crippen molar-refractivity contribution in [1.29, 1.82) is 0 Å². The van der Waals surface area contributed by atoms with Gasteiger partial charge in [-0.25, -0.2) is 4.98 Å². The first-order valence-corrected chi connectivity index (χ1v) is 8.92. The number of anilines is 1. The number of benzene rings is 1. The number of aliphatic hydroxyl groups excluding tert-OH is 1. The van der Waals surface area contributed by atoms with E-state index in [1.54, 1.807) is 0 Å². The molecule has 2 saturated heterocycles. The third-order valence-corrected chi connectivity index (χ3v) is 5.11. The molecule has 1 aromatic carbocycles. The molecule has 5 heteroatoms. The Bertz CT molecular complexity index is 692. The topological polar surface area (TPSA) is 48.8 Å². The van der Waals surface area contributed by atoms with Gasteiger partial charge in [0.2, 0.25) is 0 Å². The molecule has 1 atom stereocenters. The lowest BCUT2D eigenvalue weighted by molar-refractivity contribution is 0.0712. The average molecular weight is 327 g/mol. The Kier molecular flexibility index (Phi) is 4.65. The van der Waals surface area contributed by atoms with Gasteiger partial charge in [-0.3, -0.25) is 4.90 Å². The molecule has 3 heterocycles. The fraction of sp³-hybridized carbons (Fsp3) is 0.526. The van der Waals surface area contributed by atoms with E-state index in [9.17, 15) is 5.11 Å². The van der Waals surface area contributed by atoms with Gasteiger partial charge in [-0.05, 0) is 25.0 Å². The zero-order chi connectivity index (χ0) is 16.4. The summed E-state index contributed by atoms with van der Waals surface area (Å²) in [6.45, 7) is 5.95. The normalized spacial score (nSPS) is 22.4. The first kappa shape index (κ1) is 15.8. The molecule has 2 fully saturated rings. The summed E-state index contributed by atoms with van der Waals surface area (Å²) in [6, 6.07) is 10.2. The van der Waals surface area contributed by atoms with Gasteiger partial charge in [-0.2, -0.15) is 0 Å². The van der Waals surface area contributed by atoms with Crippen LogP contribution < -0.4 is 4.90 Å². The highest BCUT2D eigenvalue weighted by Gasteiger charge is 2.24. The van der Waals surface area contributed by atoms with Crippen molar-refractivity contribution in [3.8, 4) is 0 Å². The first-order chi connectivity index (χ1) is 11.8. The summed E-state index contributed by atoms with van der Waals surface area (Å²) in [4.78, 5) is 9.62.